The lowest BCUT2D eigenvalue weighted by Crippen LogP contribution is -2.47. The predicted octanol–water partition coefficient (Wildman–Crippen LogP) is 3.88. The Morgan fingerprint density at radius 2 is 1.95 bits per heavy atom. The lowest BCUT2D eigenvalue weighted by atomic mass is 9.80. The molecule has 1 aromatic carbocycles. The van der Waals surface area contributed by atoms with Crippen LogP contribution in [0, 0.1) is 0 Å². The molecule has 1 atom stereocenters. The van der Waals surface area contributed by atoms with Crippen LogP contribution in [-0.2, 0) is 6.42 Å². The van der Waals surface area contributed by atoms with Crippen molar-refractivity contribution in [2.45, 2.75) is 69.9 Å². The quantitative estimate of drug-likeness (QED) is 0.905. The molecule has 0 saturated heterocycles. The monoisotopic (exact) mass is 272 g/mol. The minimum Gasteiger partial charge on any atom is -0.369 e. The molecule has 110 valence electrons. The van der Waals surface area contributed by atoms with Gasteiger partial charge in [-0.25, -0.2) is 0 Å². The van der Waals surface area contributed by atoms with Crippen molar-refractivity contribution in [1.82, 2.24) is 0 Å². The van der Waals surface area contributed by atoms with E-state index in [1.807, 2.05) is 0 Å². The summed E-state index contributed by atoms with van der Waals surface area (Å²) in [6.07, 6.45) is 10.1. The second-order valence-corrected chi connectivity index (χ2v) is 6.88. The van der Waals surface area contributed by atoms with Gasteiger partial charge in [-0.3, -0.25) is 0 Å². The first-order chi connectivity index (χ1) is 9.68. The van der Waals surface area contributed by atoms with Crippen LogP contribution in [0.4, 0.5) is 5.69 Å². The van der Waals surface area contributed by atoms with E-state index in [4.69, 9.17) is 5.73 Å². The van der Waals surface area contributed by atoms with Crippen molar-refractivity contribution in [3.8, 4) is 0 Å². The van der Waals surface area contributed by atoms with Crippen LogP contribution in [0.5, 0.6) is 0 Å². The lowest BCUT2D eigenvalue weighted by Gasteiger charge is -2.41. The minimum atomic E-state index is 0.102. The minimum absolute atomic E-state index is 0.102. The average molecular weight is 272 g/mol. The Balaban J connectivity index is 1.70. The third kappa shape index (κ3) is 2.85. The van der Waals surface area contributed by atoms with Crippen LogP contribution in [0.25, 0.3) is 0 Å². The van der Waals surface area contributed by atoms with E-state index in [0.29, 0.717) is 6.04 Å². The number of anilines is 1. The van der Waals surface area contributed by atoms with Crippen molar-refractivity contribution in [3.63, 3.8) is 0 Å². The number of hydrogen-bond donors (Lipinski definition) is 1. The third-order valence-corrected chi connectivity index (χ3v) is 5.36. The highest BCUT2D eigenvalue weighted by atomic mass is 15.2. The fourth-order valence-electron chi connectivity index (χ4n) is 3.95. The van der Waals surface area contributed by atoms with Crippen LogP contribution in [0.1, 0.15) is 57.4 Å². The fourth-order valence-corrected chi connectivity index (χ4v) is 3.95. The Hall–Kier alpha value is -1.02. The molecule has 1 saturated carbocycles. The van der Waals surface area contributed by atoms with Gasteiger partial charge in [-0.15, -0.1) is 0 Å². The van der Waals surface area contributed by atoms with Gasteiger partial charge in [-0.1, -0.05) is 37.5 Å². The van der Waals surface area contributed by atoms with Gasteiger partial charge in [0.15, 0.2) is 0 Å². The maximum absolute atomic E-state index is 6.61. The van der Waals surface area contributed by atoms with Gasteiger partial charge in [0.1, 0.15) is 0 Å². The smallest absolute Gasteiger partial charge is 0.0401 e. The zero-order valence-corrected chi connectivity index (χ0v) is 12.8. The number of benzene rings is 1. The summed E-state index contributed by atoms with van der Waals surface area (Å²) in [6.45, 7) is 3.48. The van der Waals surface area contributed by atoms with E-state index in [1.54, 1.807) is 0 Å². The van der Waals surface area contributed by atoms with Gasteiger partial charge < -0.3 is 10.6 Å². The molecule has 2 aliphatic rings. The SMILES string of the molecule is CC1CCc2ccccc2N1CCC1(N)CCCCC1. The number of aryl methyl sites for hydroxylation is 1. The third-order valence-electron chi connectivity index (χ3n) is 5.36. The van der Waals surface area contributed by atoms with Crippen LogP contribution in [0.2, 0.25) is 0 Å². The summed E-state index contributed by atoms with van der Waals surface area (Å²) in [4.78, 5) is 2.60. The Kier molecular flexibility index (Phi) is 4.02. The van der Waals surface area contributed by atoms with Gasteiger partial charge >= 0.3 is 0 Å². The molecule has 1 heterocycles. The summed E-state index contributed by atoms with van der Waals surface area (Å²) in [5.41, 5.74) is 9.68. The summed E-state index contributed by atoms with van der Waals surface area (Å²) >= 11 is 0. The number of para-hydroxylation sites is 1. The lowest BCUT2D eigenvalue weighted by molar-refractivity contribution is 0.277. The van der Waals surface area contributed by atoms with E-state index in [-0.39, 0.29) is 5.54 Å². The number of rotatable bonds is 3. The van der Waals surface area contributed by atoms with Gasteiger partial charge in [-0.05, 0) is 50.7 Å². The average Bonchev–Trinajstić information content (AvgIpc) is 2.47. The second kappa shape index (κ2) is 5.77. The molecule has 2 N–H and O–H groups in total. The van der Waals surface area contributed by atoms with Crippen molar-refractivity contribution in [2.24, 2.45) is 5.73 Å². The van der Waals surface area contributed by atoms with Crippen LogP contribution < -0.4 is 10.6 Å². The standard InChI is InChI=1S/C18H28N2/c1-15-9-10-16-7-3-4-8-17(16)20(15)14-13-18(19)11-5-2-6-12-18/h3-4,7-8,15H,2,5-6,9-14,19H2,1H3. The number of fused-ring (bicyclic) bond motifs is 1. The molecule has 1 fully saturated rings. The zero-order chi connectivity index (χ0) is 14.0. The molecule has 1 aliphatic heterocycles. The van der Waals surface area contributed by atoms with E-state index in [9.17, 15) is 0 Å². The van der Waals surface area contributed by atoms with E-state index in [2.05, 4.69) is 36.1 Å². The molecule has 0 amide bonds. The summed E-state index contributed by atoms with van der Waals surface area (Å²) in [5.74, 6) is 0. The van der Waals surface area contributed by atoms with E-state index in [0.717, 1.165) is 13.0 Å². The highest BCUT2D eigenvalue weighted by molar-refractivity contribution is 5.56. The summed E-state index contributed by atoms with van der Waals surface area (Å²) in [7, 11) is 0. The molecule has 3 rings (SSSR count). The Morgan fingerprint density at radius 1 is 1.20 bits per heavy atom. The molecule has 20 heavy (non-hydrogen) atoms. The molecule has 1 aromatic rings. The molecule has 1 unspecified atom stereocenters. The fraction of sp³-hybridized carbons (Fsp3) is 0.667. The summed E-state index contributed by atoms with van der Waals surface area (Å²) in [5, 5.41) is 0. The van der Waals surface area contributed by atoms with Crippen molar-refractivity contribution >= 4 is 5.69 Å². The van der Waals surface area contributed by atoms with Gasteiger partial charge in [0.2, 0.25) is 0 Å². The van der Waals surface area contributed by atoms with Gasteiger partial charge in [0, 0.05) is 23.8 Å². The molecule has 1 aliphatic carbocycles. The topological polar surface area (TPSA) is 29.3 Å². The zero-order valence-electron chi connectivity index (χ0n) is 12.8. The highest BCUT2D eigenvalue weighted by Crippen LogP contribution is 2.33. The highest BCUT2D eigenvalue weighted by Gasteiger charge is 2.30. The van der Waals surface area contributed by atoms with Gasteiger partial charge in [0.05, 0.1) is 0 Å². The van der Waals surface area contributed by atoms with Gasteiger partial charge in [0.25, 0.3) is 0 Å². The molecule has 0 spiro atoms. The first kappa shape index (κ1) is 13.9. The van der Waals surface area contributed by atoms with E-state index in [1.165, 1.54) is 56.2 Å². The van der Waals surface area contributed by atoms with Crippen molar-refractivity contribution < 1.29 is 0 Å². The van der Waals surface area contributed by atoms with Crippen LogP contribution in [0.3, 0.4) is 0 Å². The van der Waals surface area contributed by atoms with Crippen molar-refractivity contribution in [2.75, 3.05) is 11.4 Å². The normalized spacial score (nSPS) is 25.3. The maximum atomic E-state index is 6.61. The Morgan fingerprint density at radius 3 is 2.75 bits per heavy atom. The van der Waals surface area contributed by atoms with E-state index < -0.39 is 0 Å². The number of nitrogens with two attached hydrogens (primary N) is 1. The molecular weight excluding hydrogens is 244 g/mol. The molecule has 0 bridgehead atoms. The largest absolute Gasteiger partial charge is 0.369 e. The first-order valence-electron chi connectivity index (χ1n) is 8.31. The van der Waals surface area contributed by atoms with Crippen LogP contribution in [-0.4, -0.2) is 18.1 Å². The van der Waals surface area contributed by atoms with Crippen LogP contribution >= 0.6 is 0 Å². The molecule has 0 aromatic heterocycles. The molecule has 2 nitrogen and oxygen atoms in total. The first-order valence-corrected chi connectivity index (χ1v) is 8.31. The Labute approximate surface area is 123 Å². The summed E-state index contributed by atoms with van der Waals surface area (Å²) in [6, 6.07) is 9.56. The molecular formula is C18H28N2. The second-order valence-electron chi connectivity index (χ2n) is 6.88. The van der Waals surface area contributed by atoms with Gasteiger partial charge in [-0.2, -0.15) is 0 Å². The Bertz CT molecular complexity index is 448. The van der Waals surface area contributed by atoms with E-state index >= 15 is 0 Å². The van der Waals surface area contributed by atoms with Crippen molar-refractivity contribution in [1.29, 1.82) is 0 Å². The molecule has 2 heteroatoms. The molecule has 0 radical (unpaired) electrons. The predicted molar refractivity (Wildman–Crippen MR) is 86.2 cm³/mol. The van der Waals surface area contributed by atoms with Crippen molar-refractivity contribution in [3.05, 3.63) is 29.8 Å². The maximum Gasteiger partial charge on any atom is 0.0401 e. The number of hydrogen-bond acceptors (Lipinski definition) is 2. The van der Waals surface area contributed by atoms with Crippen LogP contribution in [0.15, 0.2) is 24.3 Å². The summed E-state index contributed by atoms with van der Waals surface area (Å²) < 4.78 is 0. The number of nitrogens with zero attached hydrogens (tertiary/aromatic N) is 1.